The molecule has 1 aromatic heterocycles. The second-order valence-electron chi connectivity index (χ2n) is 7.82. The first kappa shape index (κ1) is 24.7. The van der Waals surface area contributed by atoms with Gasteiger partial charge in [-0.1, -0.05) is 52.8 Å². The van der Waals surface area contributed by atoms with E-state index in [-0.39, 0.29) is 11.9 Å². The van der Waals surface area contributed by atoms with Gasteiger partial charge in [-0.25, -0.2) is 4.79 Å². The summed E-state index contributed by atoms with van der Waals surface area (Å²) in [5, 5.41) is 0. The first-order chi connectivity index (χ1) is 13.7. The lowest BCUT2D eigenvalue weighted by atomic mass is 9.97. The van der Waals surface area contributed by atoms with E-state index in [4.69, 9.17) is 14.5 Å². The van der Waals surface area contributed by atoms with Crippen LogP contribution in [0.25, 0.3) is 5.57 Å². The highest BCUT2D eigenvalue weighted by Gasteiger charge is 2.18. The summed E-state index contributed by atoms with van der Waals surface area (Å²) in [4.78, 5) is 16.4. The smallest absolute Gasteiger partial charge is 0.330 e. The molecule has 0 saturated carbocycles. The number of esters is 1. The Morgan fingerprint density at radius 3 is 2.38 bits per heavy atom. The number of hydrogen-bond acceptors (Lipinski definition) is 4. The molecule has 1 heterocycles. The number of carbonyl (C=O) groups is 1. The van der Waals surface area contributed by atoms with Crippen LogP contribution in [-0.2, 0) is 9.53 Å². The molecule has 4 heteroatoms. The average Bonchev–Trinajstić information content (AvgIpc) is 2.65. The summed E-state index contributed by atoms with van der Waals surface area (Å²) < 4.78 is 11.1. The van der Waals surface area contributed by atoms with Crippen molar-refractivity contribution in [1.82, 2.24) is 4.98 Å². The maximum Gasteiger partial charge on any atom is 0.330 e. The standard InChI is InChI=1S/C25H37NO3/c1-9-14-29-25-21(16-22(17(3)4)26-24(25)18(5)6)20(8)13-11-12-19(7)15-23(27)28-10-2/h11-13,15-18H,9-10,14H2,1-8H3/b12-11+,19-15?,20-13-. The third-order valence-electron chi connectivity index (χ3n) is 4.37. The molecule has 0 saturated heterocycles. The van der Waals surface area contributed by atoms with Gasteiger partial charge in [0.05, 0.1) is 18.9 Å². The highest BCUT2D eigenvalue weighted by atomic mass is 16.5. The van der Waals surface area contributed by atoms with Gasteiger partial charge in [-0.15, -0.1) is 0 Å². The lowest BCUT2D eigenvalue weighted by Gasteiger charge is -2.20. The monoisotopic (exact) mass is 399 g/mol. The zero-order chi connectivity index (χ0) is 22.0. The van der Waals surface area contributed by atoms with Crippen LogP contribution >= 0.6 is 0 Å². The Kier molecular flexibility index (Phi) is 10.4. The molecule has 0 atom stereocenters. The summed E-state index contributed by atoms with van der Waals surface area (Å²) in [5.41, 5.74) is 5.10. The van der Waals surface area contributed by atoms with Crippen LogP contribution in [-0.4, -0.2) is 24.2 Å². The average molecular weight is 400 g/mol. The highest BCUT2D eigenvalue weighted by molar-refractivity contribution is 5.83. The van der Waals surface area contributed by atoms with Crippen molar-refractivity contribution in [3.63, 3.8) is 0 Å². The van der Waals surface area contributed by atoms with E-state index in [1.165, 1.54) is 6.08 Å². The largest absolute Gasteiger partial charge is 0.491 e. The lowest BCUT2D eigenvalue weighted by Crippen LogP contribution is -2.08. The van der Waals surface area contributed by atoms with E-state index >= 15 is 0 Å². The molecule has 160 valence electrons. The van der Waals surface area contributed by atoms with Gasteiger partial charge in [-0.2, -0.15) is 0 Å². The van der Waals surface area contributed by atoms with Gasteiger partial charge < -0.3 is 9.47 Å². The predicted molar refractivity (Wildman–Crippen MR) is 121 cm³/mol. The summed E-state index contributed by atoms with van der Waals surface area (Å²) in [6.45, 7) is 17.5. The molecule has 0 aromatic carbocycles. The van der Waals surface area contributed by atoms with E-state index in [0.717, 1.165) is 40.3 Å². The van der Waals surface area contributed by atoms with E-state index in [0.29, 0.717) is 19.1 Å². The van der Waals surface area contributed by atoms with Gasteiger partial charge in [0.15, 0.2) is 0 Å². The van der Waals surface area contributed by atoms with Crippen molar-refractivity contribution in [2.75, 3.05) is 13.2 Å². The van der Waals surface area contributed by atoms with Crippen LogP contribution in [0.2, 0.25) is 0 Å². The summed E-state index contributed by atoms with van der Waals surface area (Å²) >= 11 is 0. The van der Waals surface area contributed by atoms with Crippen molar-refractivity contribution in [1.29, 1.82) is 0 Å². The van der Waals surface area contributed by atoms with Gasteiger partial charge in [0.1, 0.15) is 5.75 Å². The Bertz CT molecular complexity index is 771. The normalized spacial score (nSPS) is 12.9. The number of pyridine rings is 1. The number of hydrogen-bond donors (Lipinski definition) is 0. The molecule has 4 nitrogen and oxygen atoms in total. The first-order valence-corrected chi connectivity index (χ1v) is 10.6. The summed E-state index contributed by atoms with van der Waals surface area (Å²) in [6.07, 6.45) is 8.35. The topological polar surface area (TPSA) is 48.4 Å². The van der Waals surface area contributed by atoms with Gasteiger partial charge in [0.25, 0.3) is 0 Å². The Balaban J connectivity index is 3.32. The van der Waals surface area contributed by atoms with Crippen LogP contribution in [0.3, 0.4) is 0 Å². The molecule has 0 radical (unpaired) electrons. The SMILES string of the molecule is CCCOc1c(/C(C)=C\C=C\C(C)=CC(=O)OCC)cc(C(C)C)nc1C(C)C. The van der Waals surface area contributed by atoms with E-state index in [1.807, 2.05) is 25.2 Å². The minimum Gasteiger partial charge on any atom is -0.491 e. The van der Waals surface area contributed by atoms with Gasteiger partial charge in [-0.3, -0.25) is 4.98 Å². The quantitative estimate of drug-likeness (QED) is 0.253. The molecule has 0 aliphatic heterocycles. The van der Waals surface area contributed by atoms with Crippen molar-refractivity contribution < 1.29 is 14.3 Å². The molecule has 0 spiro atoms. The molecule has 29 heavy (non-hydrogen) atoms. The molecular formula is C25H37NO3. The van der Waals surface area contributed by atoms with Crippen molar-refractivity contribution >= 4 is 11.5 Å². The Labute approximate surface area is 176 Å². The van der Waals surface area contributed by atoms with Crippen LogP contribution in [0.5, 0.6) is 5.75 Å². The second-order valence-corrected chi connectivity index (χ2v) is 7.82. The molecule has 0 amide bonds. The number of nitrogens with zero attached hydrogens (tertiary/aromatic N) is 1. The summed E-state index contributed by atoms with van der Waals surface area (Å²) in [6, 6.07) is 2.14. The Morgan fingerprint density at radius 2 is 1.83 bits per heavy atom. The number of ether oxygens (including phenoxy) is 2. The van der Waals surface area contributed by atoms with E-state index in [9.17, 15) is 4.79 Å². The fourth-order valence-corrected chi connectivity index (χ4v) is 2.76. The van der Waals surface area contributed by atoms with Gasteiger partial charge in [-0.05, 0) is 56.2 Å². The zero-order valence-corrected chi connectivity index (χ0v) is 19.3. The number of allylic oxidation sites excluding steroid dienone is 5. The van der Waals surface area contributed by atoms with Crippen molar-refractivity contribution in [3.8, 4) is 5.75 Å². The van der Waals surface area contributed by atoms with Crippen LogP contribution in [0, 0.1) is 0 Å². The van der Waals surface area contributed by atoms with E-state index in [1.54, 1.807) is 6.92 Å². The maximum absolute atomic E-state index is 11.5. The number of aromatic nitrogens is 1. The Morgan fingerprint density at radius 1 is 1.14 bits per heavy atom. The lowest BCUT2D eigenvalue weighted by molar-refractivity contribution is -0.137. The molecule has 1 aromatic rings. The summed E-state index contributed by atoms with van der Waals surface area (Å²) in [5.74, 6) is 1.18. The van der Waals surface area contributed by atoms with Crippen molar-refractivity contribution in [2.45, 2.75) is 73.6 Å². The van der Waals surface area contributed by atoms with Crippen LogP contribution in [0.4, 0.5) is 0 Å². The second kappa shape index (κ2) is 12.3. The molecular weight excluding hydrogens is 362 g/mol. The van der Waals surface area contributed by atoms with Gasteiger partial charge in [0.2, 0.25) is 0 Å². The fraction of sp³-hybridized carbons (Fsp3) is 0.520. The fourth-order valence-electron chi connectivity index (χ4n) is 2.76. The molecule has 0 bridgehead atoms. The van der Waals surface area contributed by atoms with E-state index < -0.39 is 0 Å². The molecule has 0 unspecified atom stereocenters. The Hall–Kier alpha value is -2.36. The van der Waals surface area contributed by atoms with Crippen molar-refractivity contribution in [2.24, 2.45) is 0 Å². The third-order valence-corrected chi connectivity index (χ3v) is 4.37. The minimum absolute atomic E-state index is 0.275. The minimum atomic E-state index is -0.317. The van der Waals surface area contributed by atoms with Crippen molar-refractivity contribution in [3.05, 3.63) is 52.9 Å². The third kappa shape index (κ3) is 7.88. The molecule has 0 fully saturated rings. The van der Waals surface area contributed by atoms with Gasteiger partial charge >= 0.3 is 5.97 Å². The zero-order valence-electron chi connectivity index (χ0n) is 19.3. The highest BCUT2D eigenvalue weighted by Crippen LogP contribution is 2.35. The summed E-state index contributed by atoms with van der Waals surface area (Å²) in [7, 11) is 0. The first-order valence-electron chi connectivity index (χ1n) is 10.6. The maximum atomic E-state index is 11.5. The van der Waals surface area contributed by atoms with Crippen LogP contribution in [0.1, 0.15) is 90.6 Å². The van der Waals surface area contributed by atoms with Crippen LogP contribution < -0.4 is 4.74 Å². The molecule has 0 N–H and O–H groups in total. The molecule has 1 rings (SSSR count). The number of carbonyl (C=O) groups excluding carboxylic acids is 1. The predicted octanol–water partition coefficient (Wildman–Crippen LogP) is 6.59. The van der Waals surface area contributed by atoms with E-state index in [2.05, 4.69) is 47.6 Å². The van der Waals surface area contributed by atoms with Crippen LogP contribution in [0.15, 0.2) is 35.9 Å². The molecule has 0 aliphatic carbocycles. The van der Waals surface area contributed by atoms with Gasteiger partial charge in [0, 0.05) is 17.3 Å². The number of rotatable bonds is 10. The molecule has 0 aliphatic rings.